The van der Waals surface area contributed by atoms with Crippen molar-refractivity contribution in [1.82, 2.24) is 0 Å². The summed E-state index contributed by atoms with van der Waals surface area (Å²) in [6.07, 6.45) is 0. The van der Waals surface area contributed by atoms with E-state index in [9.17, 15) is 0 Å². The van der Waals surface area contributed by atoms with Gasteiger partial charge in [-0.1, -0.05) is 39.0 Å². The molecule has 0 amide bonds. The Bertz CT molecular complexity index is 596. The molecule has 1 aliphatic rings. The summed E-state index contributed by atoms with van der Waals surface area (Å²) < 4.78 is 18.2. The Balaban J connectivity index is 2.53. The summed E-state index contributed by atoms with van der Waals surface area (Å²) in [6, 6.07) is 6.59. The van der Waals surface area contributed by atoms with Crippen molar-refractivity contribution in [2.75, 3.05) is 7.11 Å². The van der Waals surface area contributed by atoms with Crippen LogP contribution in [0.1, 0.15) is 73.4 Å². The Labute approximate surface area is 148 Å². The summed E-state index contributed by atoms with van der Waals surface area (Å²) in [5.74, 6) is 0. The van der Waals surface area contributed by atoms with Gasteiger partial charge in [0.2, 0.25) is 0 Å². The van der Waals surface area contributed by atoms with Crippen molar-refractivity contribution >= 4 is 12.6 Å². The lowest BCUT2D eigenvalue weighted by Gasteiger charge is -2.32. The average molecular weight is 332 g/mol. The molecule has 1 aromatic rings. The van der Waals surface area contributed by atoms with Gasteiger partial charge in [0.15, 0.2) is 0 Å². The largest absolute Gasteiger partial charge is 0.494 e. The molecule has 1 saturated heterocycles. The lowest BCUT2D eigenvalue weighted by molar-refractivity contribution is 0.00578. The molecule has 0 saturated carbocycles. The second-order valence-electron chi connectivity index (χ2n) is 9.40. The van der Waals surface area contributed by atoms with Crippen molar-refractivity contribution in [3.63, 3.8) is 0 Å². The molecule has 1 aliphatic heterocycles. The lowest BCUT2D eigenvalue weighted by atomic mass is 9.73. The third-order valence-electron chi connectivity index (χ3n) is 5.55. The Hall–Kier alpha value is -0.835. The normalized spacial score (nSPS) is 20.5. The van der Waals surface area contributed by atoms with E-state index in [1.165, 1.54) is 5.56 Å². The Kier molecular flexibility index (Phi) is 4.76. The van der Waals surface area contributed by atoms with Crippen LogP contribution in [-0.4, -0.2) is 25.4 Å². The smallest absolute Gasteiger partial charge is 0.399 e. The summed E-state index contributed by atoms with van der Waals surface area (Å²) in [5.41, 5.74) is 2.45. The molecule has 1 fully saturated rings. The first-order valence-corrected chi connectivity index (χ1v) is 8.76. The minimum absolute atomic E-state index is 0.0399. The number of benzene rings is 1. The third-order valence-corrected chi connectivity index (χ3v) is 5.55. The van der Waals surface area contributed by atoms with E-state index in [4.69, 9.17) is 14.0 Å². The van der Waals surface area contributed by atoms with Gasteiger partial charge in [-0.05, 0) is 63.5 Å². The van der Waals surface area contributed by atoms with Crippen LogP contribution >= 0.6 is 0 Å². The van der Waals surface area contributed by atoms with Crippen molar-refractivity contribution in [1.29, 1.82) is 0 Å². The zero-order valence-electron chi connectivity index (χ0n) is 17.0. The van der Waals surface area contributed by atoms with E-state index >= 15 is 0 Å². The van der Waals surface area contributed by atoms with Crippen LogP contribution in [0.25, 0.3) is 0 Å². The van der Waals surface area contributed by atoms with Crippen LogP contribution in [0.3, 0.4) is 0 Å². The fourth-order valence-electron chi connectivity index (χ4n) is 2.67. The minimum atomic E-state index is -0.361. The molecule has 134 valence electrons. The molecule has 0 aromatic heterocycles. The van der Waals surface area contributed by atoms with Crippen LogP contribution in [0.5, 0.6) is 0 Å². The molecule has 0 bridgehead atoms. The predicted octanol–water partition coefficient (Wildman–Crippen LogP) is 4.16. The van der Waals surface area contributed by atoms with Gasteiger partial charge >= 0.3 is 7.12 Å². The Morgan fingerprint density at radius 2 is 1.29 bits per heavy atom. The highest BCUT2D eigenvalue weighted by molar-refractivity contribution is 6.62. The highest BCUT2D eigenvalue weighted by Gasteiger charge is 2.52. The molecule has 1 aromatic carbocycles. The first-order valence-electron chi connectivity index (χ1n) is 8.76. The maximum Gasteiger partial charge on any atom is 0.494 e. The molecule has 0 atom stereocenters. The number of hydrogen-bond acceptors (Lipinski definition) is 3. The monoisotopic (exact) mass is 332 g/mol. The number of hydrogen-bond donors (Lipinski definition) is 0. The van der Waals surface area contributed by atoms with E-state index in [2.05, 4.69) is 80.5 Å². The first-order chi connectivity index (χ1) is 10.7. The maximum absolute atomic E-state index is 6.26. The zero-order chi connectivity index (χ0) is 18.6. The molecule has 0 spiro atoms. The number of methoxy groups -OCH3 is 1. The fraction of sp³-hybridized carbons (Fsp3) is 0.700. The SMILES string of the molecule is COC(C)(C)c1cc(B2OC(C)(C)C(C)(C)O2)cc(C(C)(C)C)c1. The fourth-order valence-corrected chi connectivity index (χ4v) is 2.67. The predicted molar refractivity (Wildman–Crippen MR) is 101 cm³/mol. The van der Waals surface area contributed by atoms with Crippen molar-refractivity contribution in [3.05, 3.63) is 29.3 Å². The van der Waals surface area contributed by atoms with Crippen LogP contribution in [-0.2, 0) is 25.1 Å². The van der Waals surface area contributed by atoms with Crippen molar-refractivity contribution in [2.24, 2.45) is 0 Å². The van der Waals surface area contributed by atoms with Gasteiger partial charge in [-0.2, -0.15) is 0 Å². The van der Waals surface area contributed by atoms with E-state index in [-0.39, 0.29) is 29.3 Å². The van der Waals surface area contributed by atoms with Crippen LogP contribution in [0.2, 0.25) is 0 Å². The molecule has 4 heteroatoms. The molecule has 0 aliphatic carbocycles. The Morgan fingerprint density at radius 1 is 0.833 bits per heavy atom. The molecule has 3 nitrogen and oxygen atoms in total. The van der Waals surface area contributed by atoms with Gasteiger partial charge in [0.05, 0.1) is 16.8 Å². The quantitative estimate of drug-likeness (QED) is 0.778. The summed E-state index contributed by atoms with van der Waals surface area (Å²) in [6.45, 7) is 19.2. The second kappa shape index (κ2) is 5.86. The maximum atomic E-state index is 6.26. The topological polar surface area (TPSA) is 27.7 Å². The van der Waals surface area contributed by atoms with Gasteiger partial charge in [-0.25, -0.2) is 0 Å². The molecule has 2 rings (SSSR count). The highest BCUT2D eigenvalue weighted by atomic mass is 16.7. The standard InChI is InChI=1S/C20H33BO3/c1-17(2,3)14-11-15(18(4,5)22-10)13-16(12-14)21-23-19(6,7)20(8,9)24-21/h11-13H,1-10H3. The van der Waals surface area contributed by atoms with E-state index in [0.29, 0.717) is 0 Å². The minimum Gasteiger partial charge on any atom is -0.399 e. The van der Waals surface area contributed by atoms with E-state index in [0.717, 1.165) is 11.0 Å². The highest BCUT2D eigenvalue weighted by Crippen LogP contribution is 2.37. The summed E-state index contributed by atoms with van der Waals surface area (Å²) in [4.78, 5) is 0. The first kappa shape index (κ1) is 19.5. The Morgan fingerprint density at radius 3 is 1.71 bits per heavy atom. The third kappa shape index (κ3) is 3.56. The van der Waals surface area contributed by atoms with Gasteiger partial charge in [-0.3, -0.25) is 0 Å². The van der Waals surface area contributed by atoms with E-state index in [1.54, 1.807) is 7.11 Å². The van der Waals surface area contributed by atoms with Crippen molar-refractivity contribution < 1.29 is 14.0 Å². The van der Waals surface area contributed by atoms with Crippen molar-refractivity contribution in [2.45, 2.75) is 84.5 Å². The van der Waals surface area contributed by atoms with Crippen LogP contribution < -0.4 is 5.46 Å². The molecule has 0 N–H and O–H groups in total. The molecular weight excluding hydrogens is 299 g/mol. The van der Waals surface area contributed by atoms with Gasteiger partial charge in [-0.15, -0.1) is 0 Å². The average Bonchev–Trinajstić information content (AvgIpc) is 2.66. The molecule has 0 radical (unpaired) electrons. The molecular formula is C20H33BO3. The lowest BCUT2D eigenvalue weighted by Crippen LogP contribution is -2.41. The van der Waals surface area contributed by atoms with E-state index < -0.39 is 0 Å². The molecule has 1 heterocycles. The number of ether oxygens (including phenoxy) is 1. The van der Waals surface area contributed by atoms with Crippen LogP contribution in [0, 0.1) is 0 Å². The van der Waals surface area contributed by atoms with Gasteiger partial charge in [0.25, 0.3) is 0 Å². The summed E-state index contributed by atoms with van der Waals surface area (Å²) in [5, 5.41) is 0. The van der Waals surface area contributed by atoms with Gasteiger partial charge in [0, 0.05) is 7.11 Å². The van der Waals surface area contributed by atoms with Gasteiger partial charge in [0.1, 0.15) is 0 Å². The second-order valence-corrected chi connectivity index (χ2v) is 9.40. The van der Waals surface area contributed by atoms with Crippen LogP contribution in [0.4, 0.5) is 0 Å². The summed E-state index contributed by atoms with van der Waals surface area (Å²) in [7, 11) is 1.39. The van der Waals surface area contributed by atoms with Crippen molar-refractivity contribution in [3.8, 4) is 0 Å². The van der Waals surface area contributed by atoms with Crippen LogP contribution in [0.15, 0.2) is 18.2 Å². The molecule has 24 heavy (non-hydrogen) atoms. The zero-order valence-corrected chi connectivity index (χ0v) is 17.0. The van der Waals surface area contributed by atoms with Gasteiger partial charge < -0.3 is 14.0 Å². The molecule has 0 unspecified atom stereocenters. The van der Waals surface area contributed by atoms with E-state index in [1.807, 2.05) is 0 Å². The number of rotatable bonds is 3. The summed E-state index contributed by atoms with van der Waals surface area (Å²) >= 11 is 0.